The van der Waals surface area contributed by atoms with E-state index in [1.807, 2.05) is 0 Å². The van der Waals surface area contributed by atoms with Crippen molar-refractivity contribution >= 4 is 6.85 Å². The molecule has 1 rings (SSSR count). The Hall–Kier alpha value is -0.495. The average Bonchev–Trinajstić information content (AvgIpc) is 1.85. The van der Waals surface area contributed by atoms with Gasteiger partial charge in [-0.1, -0.05) is 23.1 Å². The molecule has 0 fully saturated rings. The summed E-state index contributed by atoms with van der Waals surface area (Å²) in [5.74, 6) is 4.65. The van der Waals surface area contributed by atoms with Crippen LogP contribution >= 0.6 is 0 Å². The lowest BCUT2D eigenvalue weighted by Crippen LogP contribution is -2.31. The third-order valence-corrected chi connectivity index (χ3v) is 2.06. The van der Waals surface area contributed by atoms with E-state index in [4.69, 9.17) is 0 Å². The van der Waals surface area contributed by atoms with Gasteiger partial charge in [0.1, 0.15) is 0 Å². The molecule has 2 heteroatoms. The Labute approximate surface area is 69.9 Å². The Balaban J connectivity index is 2.73. The fourth-order valence-electron chi connectivity index (χ4n) is 1.49. The first-order valence-corrected chi connectivity index (χ1v) is 4.10. The maximum Gasteiger partial charge on any atom is 0.276 e. The molecule has 0 amide bonds. The SMILES string of the molecule is CC1=CB(N(C)C)C=C(C)C1. The van der Waals surface area contributed by atoms with E-state index in [1.54, 1.807) is 0 Å². The summed E-state index contributed by atoms with van der Waals surface area (Å²) < 4.78 is 0. The van der Waals surface area contributed by atoms with E-state index < -0.39 is 0 Å². The van der Waals surface area contributed by atoms with E-state index in [2.05, 4.69) is 44.7 Å². The second-order valence-corrected chi connectivity index (χ2v) is 3.66. The van der Waals surface area contributed by atoms with Gasteiger partial charge in [0, 0.05) is 0 Å². The lowest BCUT2D eigenvalue weighted by atomic mass is 9.56. The third kappa shape index (κ3) is 2.23. The van der Waals surface area contributed by atoms with Crippen molar-refractivity contribution in [3.05, 3.63) is 23.1 Å². The Morgan fingerprint density at radius 3 is 2.00 bits per heavy atom. The first-order valence-electron chi connectivity index (χ1n) is 4.10. The Morgan fingerprint density at radius 2 is 1.64 bits per heavy atom. The lowest BCUT2D eigenvalue weighted by Gasteiger charge is -2.20. The van der Waals surface area contributed by atoms with E-state index in [0.29, 0.717) is 6.85 Å². The molecule has 0 atom stereocenters. The van der Waals surface area contributed by atoms with E-state index in [-0.39, 0.29) is 0 Å². The van der Waals surface area contributed by atoms with Gasteiger partial charge in [0.2, 0.25) is 0 Å². The van der Waals surface area contributed by atoms with Gasteiger partial charge < -0.3 is 4.81 Å². The van der Waals surface area contributed by atoms with Crippen LogP contribution in [0.25, 0.3) is 0 Å². The highest BCUT2D eigenvalue weighted by Gasteiger charge is 2.15. The van der Waals surface area contributed by atoms with Crippen LogP contribution in [0.3, 0.4) is 0 Å². The predicted octanol–water partition coefficient (Wildman–Crippen LogP) is 1.91. The minimum Gasteiger partial charge on any atom is -0.340 e. The second-order valence-electron chi connectivity index (χ2n) is 3.66. The lowest BCUT2D eigenvalue weighted by molar-refractivity contribution is 0.654. The van der Waals surface area contributed by atoms with Crippen LogP contribution in [0.4, 0.5) is 0 Å². The first-order chi connectivity index (χ1) is 5.09. The van der Waals surface area contributed by atoms with Crippen LogP contribution in [0, 0.1) is 0 Å². The molecule has 0 aromatic heterocycles. The van der Waals surface area contributed by atoms with E-state index in [9.17, 15) is 0 Å². The second kappa shape index (κ2) is 3.27. The third-order valence-electron chi connectivity index (χ3n) is 2.06. The van der Waals surface area contributed by atoms with Crippen molar-refractivity contribution in [1.29, 1.82) is 0 Å². The van der Waals surface area contributed by atoms with Crippen molar-refractivity contribution in [3.63, 3.8) is 0 Å². The van der Waals surface area contributed by atoms with Gasteiger partial charge in [-0.3, -0.25) is 0 Å². The fraction of sp³-hybridized carbons (Fsp3) is 0.556. The summed E-state index contributed by atoms with van der Waals surface area (Å²) in [7, 11) is 4.23. The highest BCUT2D eigenvalue weighted by Crippen LogP contribution is 2.17. The summed E-state index contributed by atoms with van der Waals surface area (Å²) in [4.78, 5) is 2.23. The summed E-state index contributed by atoms with van der Waals surface area (Å²) >= 11 is 0. The molecule has 1 aliphatic rings. The Bertz CT molecular complexity index is 186. The molecule has 60 valence electrons. The van der Waals surface area contributed by atoms with Gasteiger partial charge in [0.15, 0.2) is 0 Å². The van der Waals surface area contributed by atoms with Gasteiger partial charge in [-0.2, -0.15) is 0 Å². The highest BCUT2D eigenvalue weighted by atomic mass is 15.0. The van der Waals surface area contributed by atoms with Crippen molar-refractivity contribution in [3.8, 4) is 0 Å². The minimum absolute atomic E-state index is 0.517. The average molecular weight is 149 g/mol. The summed E-state index contributed by atoms with van der Waals surface area (Å²) in [5, 5.41) is 0. The van der Waals surface area contributed by atoms with Crippen LogP contribution < -0.4 is 0 Å². The normalized spacial score (nSPS) is 18.5. The number of nitrogens with zero attached hydrogens (tertiary/aromatic N) is 1. The first kappa shape index (κ1) is 8.60. The standard InChI is InChI=1S/C9H16BN/c1-8-5-9(2)7-10(6-8)11(3)4/h6-7H,5H2,1-4H3. The largest absolute Gasteiger partial charge is 0.340 e. The van der Waals surface area contributed by atoms with Crippen molar-refractivity contribution in [2.45, 2.75) is 20.3 Å². The van der Waals surface area contributed by atoms with Crippen molar-refractivity contribution in [2.75, 3.05) is 14.1 Å². The van der Waals surface area contributed by atoms with Gasteiger partial charge in [-0.25, -0.2) is 0 Å². The zero-order chi connectivity index (χ0) is 8.43. The number of rotatable bonds is 1. The summed E-state index contributed by atoms with van der Waals surface area (Å²) in [6.07, 6.45) is 1.16. The number of hydrogen-bond acceptors (Lipinski definition) is 1. The molecule has 0 aromatic rings. The zero-order valence-electron chi connectivity index (χ0n) is 7.89. The Morgan fingerprint density at radius 1 is 1.18 bits per heavy atom. The minimum atomic E-state index is 0.517. The van der Waals surface area contributed by atoms with Gasteiger partial charge >= 0.3 is 0 Å². The maximum atomic E-state index is 2.33. The number of allylic oxidation sites excluding steroid dienone is 2. The van der Waals surface area contributed by atoms with Crippen LogP contribution in [0.15, 0.2) is 23.1 Å². The predicted molar refractivity (Wildman–Crippen MR) is 51.6 cm³/mol. The van der Waals surface area contributed by atoms with E-state index in [1.165, 1.54) is 11.1 Å². The zero-order valence-corrected chi connectivity index (χ0v) is 7.89. The molecule has 0 bridgehead atoms. The van der Waals surface area contributed by atoms with Crippen molar-refractivity contribution in [2.24, 2.45) is 0 Å². The maximum absolute atomic E-state index is 2.33. The Kier molecular flexibility index (Phi) is 2.55. The molecule has 0 aliphatic carbocycles. The molecule has 0 spiro atoms. The van der Waals surface area contributed by atoms with Crippen molar-refractivity contribution in [1.82, 2.24) is 4.81 Å². The van der Waals surface area contributed by atoms with Crippen molar-refractivity contribution < 1.29 is 0 Å². The van der Waals surface area contributed by atoms with Crippen LogP contribution in [0.5, 0.6) is 0 Å². The quantitative estimate of drug-likeness (QED) is 0.514. The smallest absolute Gasteiger partial charge is 0.276 e. The van der Waals surface area contributed by atoms with Gasteiger partial charge in [-0.05, 0) is 34.4 Å². The van der Waals surface area contributed by atoms with E-state index >= 15 is 0 Å². The fourth-order valence-corrected chi connectivity index (χ4v) is 1.49. The topological polar surface area (TPSA) is 3.24 Å². The van der Waals surface area contributed by atoms with Crippen LogP contribution in [-0.4, -0.2) is 25.8 Å². The molecule has 1 nitrogen and oxygen atoms in total. The monoisotopic (exact) mass is 149 g/mol. The summed E-state index contributed by atoms with van der Waals surface area (Å²) in [6, 6.07) is 0. The molecule has 1 heterocycles. The molecule has 1 aliphatic heterocycles. The molecule has 11 heavy (non-hydrogen) atoms. The van der Waals surface area contributed by atoms with Gasteiger partial charge in [-0.15, -0.1) is 0 Å². The molecule has 0 saturated heterocycles. The van der Waals surface area contributed by atoms with Crippen LogP contribution in [-0.2, 0) is 0 Å². The van der Waals surface area contributed by atoms with Crippen LogP contribution in [0.2, 0.25) is 0 Å². The molecule has 0 radical (unpaired) electrons. The summed E-state index contributed by atoms with van der Waals surface area (Å²) in [5.41, 5.74) is 2.98. The highest BCUT2D eigenvalue weighted by molar-refractivity contribution is 6.67. The van der Waals surface area contributed by atoms with Crippen LogP contribution in [0.1, 0.15) is 20.3 Å². The van der Waals surface area contributed by atoms with Gasteiger partial charge in [0.25, 0.3) is 6.85 Å². The summed E-state index contributed by atoms with van der Waals surface area (Å²) in [6.45, 7) is 4.92. The molecule has 0 N–H and O–H groups in total. The molecular weight excluding hydrogens is 133 g/mol. The molecule has 0 unspecified atom stereocenters. The van der Waals surface area contributed by atoms with E-state index in [0.717, 1.165) is 6.42 Å². The molecule has 0 saturated carbocycles. The molecule has 0 aromatic carbocycles. The number of hydrogen-bond donors (Lipinski definition) is 0. The van der Waals surface area contributed by atoms with Gasteiger partial charge in [0.05, 0.1) is 0 Å². The molecular formula is C9H16BN.